The van der Waals surface area contributed by atoms with Gasteiger partial charge in [0.05, 0.1) is 11.7 Å². The lowest BCUT2D eigenvalue weighted by Crippen LogP contribution is -2.37. The molecule has 6 heteroatoms. The first-order chi connectivity index (χ1) is 14.6. The normalized spacial score (nSPS) is 21.9. The van der Waals surface area contributed by atoms with Crippen molar-refractivity contribution in [1.29, 1.82) is 0 Å². The zero-order valence-corrected chi connectivity index (χ0v) is 18.4. The molecule has 0 radical (unpaired) electrons. The monoisotopic (exact) mass is 437 g/mol. The molecule has 2 atom stereocenters. The van der Waals surface area contributed by atoms with Crippen molar-refractivity contribution in [2.24, 2.45) is 0 Å². The van der Waals surface area contributed by atoms with Crippen molar-refractivity contribution in [1.82, 2.24) is 15.2 Å². The van der Waals surface area contributed by atoms with E-state index in [1.54, 1.807) is 0 Å². The third kappa shape index (κ3) is 3.40. The van der Waals surface area contributed by atoms with Crippen LogP contribution in [0.3, 0.4) is 0 Å². The Kier molecular flexibility index (Phi) is 5.25. The molecule has 0 amide bonds. The Morgan fingerprint density at radius 1 is 1.10 bits per heavy atom. The number of hydrogen-bond acceptors (Lipinski definition) is 3. The fourth-order valence-electron chi connectivity index (χ4n) is 4.78. The van der Waals surface area contributed by atoms with E-state index in [2.05, 4.69) is 27.3 Å². The van der Waals surface area contributed by atoms with Crippen LogP contribution in [0.2, 0.25) is 5.02 Å². The van der Waals surface area contributed by atoms with Crippen LogP contribution in [0.25, 0.3) is 11.3 Å². The molecular weight excluding hydrogens is 414 g/mol. The second-order valence-electron chi connectivity index (χ2n) is 8.09. The fourth-order valence-corrected chi connectivity index (χ4v) is 5.34. The molecule has 2 fully saturated rings. The summed E-state index contributed by atoms with van der Waals surface area (Å²) in [6.07, 6.45) is 6.65. The molecule has 2 aromatic heterocycles. The quantitative estimate of drug-likeness (QED) is 0.491. The molecule has 5 rings (SSSR count). The highest BCUT2D eigenvalue weighted by molar-refractivity contribution is 7.80. The molecule has 0 unspecified atom stereocenters. The molecule has 1 aromatic carbocycles. The van der Waals surface area contributed by atoms with Gasteiger partial charge >= 0.3 is 0 Å². The predicted molar refractivity (Wildman–Crippen MR) is 123 cm³/mol. The minimum Gasteiger partial charge on any atom is -0.459 e. The van der Waals surface area contributed by atoms with E-state index in [1.165, 1.54) is 12.8 Å². The molecule has 30 heavy (non-hydrogen) atoms. The van der Waals surface area contributed by atoms with E-state index in [0.29, 0.717) is 6.04 Å². The Labute approximate surface area is 187 Å². The predicted octanol–water partition coefficient (Wildman–Crippen LogP) is 6.22. The molecule has 154 valence electrons. The lowest BCUT2D eigenvalue weighted by molar-refractivity contribution is 0.218. The number of thiocarbonyl (C=S) groups is 1. The molecule has 1 aliphatic carbocycles. The zero-order valence-electron chi connectivity index (χ0n) is 16.8. The molecule has 2 aliphatic rings. The number of hydrogen-bond donors (Lipinski definition) is 1. The van der Waals surface area contributed by atoms with Crippen molar-refractivity contribution in [3.63, 3.8) is 0 Å². The zero-order chi connectivity index (χ0) is 20.7. The van der Waals surface area contributed by atoms with Crippen molar-refractivity contribution >= 4 is 28.9 Å². The third-order valence-electron chi connectivity index (χ3n) is 6.30. The smallest absolute Gasteiger partial charge is 0.170 e. The number of halogens is 1. The van der Waals surface area contributed by atoms with Gasteiger partial charge in [-0.25, -0.2) is 0 Å². The molecule has 1 aliphatic heterocycles. The molecule has 0 spiro atoms. The Bertz CT molecular complexity index is 1060. The summed E-state index contributed by atoms with van der Waals surface area (Å²) in [5, 5.41) is 5.06. The Hall–Kier alpha value is -2.37. The highest BCUT2D eigenvalue weighted by atomic mass is 35.5. The van der Waals surface area contributed by atoms with Crippen molar-refractivity contribution < 1.29 is 4.42 Å². The van der Waals surface area contributed by atoms with Crippen molar-refractivity contribution in [2.75, 3.05) is 0 Å². The lowest BCUT2D eigenvalue weighted by atomic mass is 10.0. The van der Waals surface area contributed by atoms with Crippen LogP contribution < -0.4 is 5.32 Å². The van der Waals surface area contributed by atoms with Crippen LogP contribution in [0.1, 0.15) is 54.8 Å². The number of nitrogens with one attached hydrogen (secondary N) is 1. The van der Waals surface area contributed by atoms with Crippen LogP contribution in [-0.4, -0.2) is 21.0 Å². The average molecular weight is 438 g/mol. The van der Waals surface area contributed by atoms with Gasteiger partial charge in [0, 0.05) is 22.8 Å². The second kappa shape index (κ2) is 8.05. The summed E-state index contributed by atoms with van der Waals surface area (Å²) in [6.45, 7) is 2.02. The first-order valence-corrected chi connectivity index (χ1v) is 11.3. The summed E-state index contributed by atoms with van der Waals surface area (Å²) in [5.74, 6) is 1.73. The summed E-state index contributed by atoms with van der Waals surface area (Å²) in [7, 11) is 0. The number of rotatable bonds is 4. The largest absolute Gasteiger partial charge is 0.459 e. The minimum atomic E-state index is -0.0428. The Morgan fingerprint density at radius 3 is 2.70 bits per heavy atom. The first kappa shape index (κ1) is 19.6. The van der Waals surface area contributed by atoms with E-state index in [-0.39, 0.29) is 12.1 Å². The van der Waals surface area contributed by atoms with Crippen LogP contribution in [0, 0.1) is 6.92 Å². The third-order valence-corrected chi connectivity index (χ3v) is 7.04. The van der Waals surface area contributed by atoms with E-state index in [9.17, 15) is 0 Å². The van der Waals surface area contributed by atoms with Crippen LogP contribution in [-0.2, 0) is 0 Å². The van der Waals surface area contributed by atoms with Gasteiger partial charge < -0.3 is 14.6 Å². The van der Waals surface area contributed by atoms with E-state index in [0.717, 1.165) is 51.3 Å². The lowest BCUT2D eigenvalue weighted by Gasteiger charge is -2.31. The number of furan rings is 1. The standard InChI is InChI=1S/C24H24ClN3OS/c1-15-17(9-6-10-18(15)25)20-12-13-21(29-20)23-22(19-11-4-5-14-26-19)27-24(30)28(23)16-7-2-3-8-16/h4-6,9-14,16,22-23H,2-3,7-8H2,1H3,(H,27,30)/t22-,23-/m1/s1. The minimum absolute atomic E-state index is 0.0243. The molecule has 1 N–H and O–H groups in total. The van der Waals surface area contributed by atoms with Gasteiger partial charge in [-0.1, -0.05) is 42.6 Å². The highest BCUT2D eigenvalue weighted by Crippen LogP contribution is 2.44. The fraction of sp³-hybridized carbons (Fsp3) is 0.333. The van der Waals surface area contributed by atoms with Crippen LogP contribution in [0.5, 0.6) is 0 Å². The number of pyridine rings is 1. The molecule has 1 saturated heterocycles. The topological polar surface area (TPSA) is 41.3 Å². The van der Waals surface area contributed by atoms with Crippen molar-refractivity contribution in [3.8, 4) is 11.3 Å². The summed E-state index contributed by atoms with van der Waals surface area (Å²) in [5.41, 5.74) is 3.01. The van der Waals surface area contributed by atoms with Gasteiger partial charge in [0.2, 0.25) is 0 Å². The van der Waals surface area contributed by atoms with Gasteiger partial charge in [-0.05, 0) is 67.9 Å². The van der Waals surface area contributed by atoms with E-state index < -0.39 is 0 Å². The first-order valence-electron chi connectivity index (χ1n) is 10.5. The number of nitrogens with zero attached hydrogens (tertiary/aromatic N) is 2. The molecule has 0 bridgehead atoms. The maximum Gasteiger partial charge on any atom is 0.170 e. The summed E-state index contributed by atoms with van der Waals surface area (Å²) < 4.78 is 6.45. The van der Waals surface area contributed by atoms with E-state index >= 15 is 0 Å². The van der Waals surface area contributed by atoms with Gasteiger partial charge in [0.1, 0.15) is 17.6 Å². The van der Waals surface area contributed by atoms with Gasteiger partial charge in [0.15, 0.2) is 5.11 Å². The highest BCUT2D eigenvalue weighted by Gasteiger charge is 2.45. The molecule has 4 nitrogen and oxygen atoms in total. The summed E-state index contributed by atoms with van der Waals surface area (Å²) in [4.78, 5) is 6.97. The van der Waals surface area contributed by atoms with Crippen LogP contribution in [0.15, 0.2) is 59.1 Å². The second-order valence-corrected chi connectivity index (χ2v) is 8.88. The molecule has 1 saturated carbocycles. The maximum atomic E-state index is 6.45. The Balaban J connectivity index is 1.57. The molecular formula is C24H24ClN3OS. The van der Waals surface area contributed by atoms with Gasteiger partial charge in [0.25, 0.3) is 0 Å². The van der Waals surface area contributed by atoms with Crippen molar-refractivity contribution in [2.45, 2.75) is 50.7 Å². The van der Waals surface area contributed by atoms with E-state index in [4.69, 9.17) is 28.2 Å². The molecule has 3 aromatic rings. The summed E-state index contributed by atoms with van der Waals surface area (Å²) in [6, 6.07) is 16.4. The van der Waals surface area contributed by atoms with Gasteiger partial charge in [-0.3, -0.25) is 4.98 Å². The Morgan fingerprint density at radius 2 is 1.93 bits per heavy atom. The summed E-state index contributed by atoms with van der Waals surface area (Å²) >= 11 is 12.1. The maximum absolute atomic E-state index is 6.45. The van der Waals surface area contributed by atoms with Gasteiger partial charge in [-0.15, -0.1) is 0 Å². The van der Waals surface area contributed by atoms with Crippen LogP contribution >= 0.6 is 23.8 Å². The van der Waals surface area contributed by atoms with Gasteiger partial charge in [-0.2, -0.15) is 0 Å². The molecule has 3 heterocycles. The number of aromatic nitrogens is 1. The SMILES string of the molecule is Cc1c(Cl)cccc1-c1ccc([C@@H]2[C@@H](c3ccccn3)NC(=S)N2C2CCCC2)o1. The van der Waals surface area contributed by atoms with Crippen LogP contribution in [0.4, 0.5) is 0 Å². The number of benzene rings is 1. The van der Waals surface area contributed by atoms with E-state index in [1.807, 2.05) is 49.5 Å². The van der Waals surface area contributed by atoms with Crippen molar-refractivity contribution in [3.05, 3.63) is 76.8 Å². The average Bonchev–Trinajstić information content (AvgIpc) is 3.50.